The molecule has 0 saturated heterocycles. The maximum absolute atomic E-state index is 12.9. The van der Waals surface area contributed by atoms with E-state index in [1.165, 1.54) is 13.2 Å². The van der Waals surface area contributed by atoms with E-state index in [1.54, 1.807) is 0 Å². The molecule has 0 aromatic heterocycles. The molecule has 0 N–H and O–H groups in total. The van der Waals surface area contributed by atoms with E-state index in [0.717, 1.165) is 24.3 Å². The highest BCUT2D eigenvalue weighted by Gasteiger charge is 2.15. The minimum atomic E-state index is -0.682. The van der Waals surface area contributed by atoms with Crippen LogP contribution in [0.2, 0.25) is 0 Å². The number of halogens is 1. The zero-order valence-corrected chi connectivity index (χ0v) is 9.46. The van der Waals surface area contributed by atoms with Gasteiger partial charge in [0, 0.05) is 18.2 Å². The molecule has 0 amide bonds. The Bertz CT molecular complexity index is 486. The predicted molar refractivity (Wildman–Crippen MR) is 59.7 cm³/mol. The van der Waals surface area contributed by atoms with Gasteiger partial charge in [0.2, 0.25) is 0 Å². The van der Waals surface area contributed by atoms with Crippen LogP contribution in [0.15, 0.2) is 30.4 Å². The van der Waals surface area contributed by atoms with E-state index >= 15 is 0 Å². The standard InChI is InChI=1S/C11H10FNO5/c1-17-11(14)3-2-6-18-10-7-8(12)4-5-9(10)13(15)16/h2-5,7H,6H2,1H3/b3-2+. The van der Waals surface area contributed by atoms with Gasteiger partial charge in [0.1, 0.15) is 12.4 Å². The van der Waals surface area contributed by atoms with E-state index in [2.05, 4.69) is 4.74 Å². The zero-order chi connectivity index (χ0) is 13.5. The highest BCUT2D eigenvalue weighted by molar-refractivity contribution is 5.81. The third kappa shape index (κ3) is 3.85. The number of nitro benzene ring substituents is 1. The van der Waals surface area contributed by atoms with Crippen molar-refractivity contribution in [2.24, 2.45) is 0 Å². The minimum absolute atomic E-state index is 0.112. The van der Waals surface area contributed by atoms with Crippen LogP contribution in [0.5, 0.6) is 5.75 Å². The van der Waals surface area contributed by atoms with Crippen molar-refractivity contribution < 1.29 is 23.6 Å². The smallest absolute Gasteiger partial charge is 0.330 e. The Kier molecular flexibility index (Phi) is 4.79. The topological polar surface area (TPSA) is 78.7 Å². The first-order valence-corrected chi connectivity index (χ1v) is 4.86. The second-order valence-corrected chi connectivity index (χ2v) is 3.11. The van der Waals surface area contributed by atoms with Gasteiger partial charge >= 0.3 is 11.7 Å². The summed E-state index contributed by atoms with van der Waals surface area (Å²) in [5, 5.41) is 10.6. The summed E-state index contributed by atoms with van der Waals surface area (Å²) >= 11 is 0. The van der Waals surface area contributed by atoms with Crippen LogP contribution in [0, 0.1) is 15.9 Å². The van der Waals surface area contributed by atoms with E-state index in [-0.39, 0.29) is 18.0 Å². The van der Waals surface area contributed by atoms with E-state index in [9.17, 15) is 19.3 Å². The van der Waals surface area contributed by atoms with Crippen molar-refractivity contribution in [2.75, 3.05) is 13.7 Å². The third-order valence-electron chi connectivity index (χ3n) is 1.91. The number of ether oxygens (including phenoxy) is 2. The number of benzene rings is 1. The molecule has 0 aliphatic rings. The molecule has 1 rings (SSSR count). The number of esters is 1. The lowest BCUT2D eigenvalue weighted by atomic mass is 10.3. The molecular formula is C11H10FNO5. The van der Waals surface area contributed by atoms with E-state index in [4.69, 9.17) is 4.74 Å². The Hall–Kier alpha value is -2.44. The van der Waals surface area contributed by atoms with Crippen LogP contribution in [-0.4, -0.2) is 24.6 Å². The van der Waals surface area contributed by atoms with Gasteiger partial charge in [-0.2, -0.15) is 0 Å². The lowest BCUT2D eigenvalue weighted by Gasteiger charge is -2.03. The number of methoxy groups -OCH3 is 1. The molecule has 1 aromatic rings. The Labute approximate surface area is 102 Å². The first kappa shape index (κ1) is 13.6. The van der Waals surface area contributed by atoms with Crippen LogP contribution in [0.3, 0.4) is 0 Å². The van der Waals surface area contributed by atoms with Crippen molar-refractivity contribution >= 4 is 11.7 Å². The molecular weight excluding hydrogens is 245 g/mol. The fourth-order valence-corrected chi connectivity index (χ4v) is 1.10. The largest absolute Gasteiger partial charge is 0.482 e. The van der Waals surface area contributed by atoms with Gasteiger partial charge in [-0.3, -0.25) is 10.1 Å². The molecule has 96 valence electrons. The average molecular weight is 255 g/mol. The monoisotopic (exact) mass is 255 g/mol. The average Bonchev–Trinajstić information content (AvgIpc) is 2.34. The number of hydrogen-bond donors (Lipinski definition) is 0. The molecule has 0 atom stereocenters. The first-order chi connectivity index (χ1) is 8.54. The number of hydrogen-bond acceptors (Lipinski definition) is 5. The van der Waals surface area contributed by atoms with Gasteiger partial charge in [-0.1, -0.05) is 0 Å². The van der Waals surface area contributed by atoms with Gasteiger partial charge in [0.25, 0.3) is 0 Å². The summed E-state index contributed by atoms with van der Waals surface area (Å²) < 4.78 is 22.2. The Balaban J connectivity index is 2.72. The predicted octanol–water partition coefficient (Wildman–Crippen LogP) is 1.84. The first-order valence-electron chi connectivity index (χ1n) is 4.86. The van der Waals surface area contributed by atoms with E-state index < -0.39 is 16.7 Å². The van der Waals surface area contributed by atoms with Crippen LogP contribution >= 0.6 is 0 Å². The van der Waals surface area contributed by atoms with Gasteiger partial charge < -0.3 is 9.47 Å². The van der Waals surface area contributed by atoms with Crippen LogP contribution in [0.25, 0.3) is 0 Å². The summed E-state index contributed by atoms with van der Waals surface area (Å²) in [6, 6.07) is 2.88. The molecule has 1 aromatic carbocycles. The van der Waals surface area contributed by atoms with Crippen LogP contribution < -0.4 is 4.74 Å². The number of rotatable bonds is 5. The highest BCUT2D eigenvalue weighted by Crippen LogP contribution is 2.27. The molecule has 0 aliphatic heterocycles. The lowest BCUT2D eigenvalue weighted by Crippen LogP contribution is -2.00. The molecule has 0 radical (unpaired) electrons. The van der Waals surface area contributed by atoms with Gasteiger partial charge in [0.05, 0.1) is 12.0 Å². The van der Waals surface area contributed by atoms with Gasteiger partial charge in [-0.05, 0) is 12.1 Å². The normalized spacial score (nSPS) is 10.3. The zero-order valence-electron chi connectivity index (χ0n) is 9.46. The van der Waals surface area contributed by atoms with E-state index in [0.29, 0.717) is 0 Å². The van der Waals surface area contributed by atoms with Crippen molar-refractivity contribution in [3.05, 3.63) is 46.3 Å². The van der Waals surface area contributed by atoms with Gasteiger partial charge in [-0.25, -0.2) is 9.18 Å². The maximum Gasteiger partial charge on any atom is 0.330 e. The molecule has 0 fully saturated rings. The molecule has 0 aliphatic carbocycles. The summed E-state index contributed by atoms with van der Waals surface area (Å²) in [6.45, 7) is -0.112. The summed E-state index contributed by atoms with van der Waals surface area (Å²) in [5.74, 6) is -1.42. The number of carbonyl (C=O) groups is 1. The molecule has 0 heterocycles. The fourth-order valence-electron chi connectivity index (χ4n) is 1.10. The molecule has 0 bridgehead atoms. The molecule has 0 spiro atoms. The second-order valence-electron chi connectivity index (χ2n) is 3.11. The third-order valence-corrected chi connectivity index (χ3v) is 1.91. The van der Waals surface area contributed by atoms with Crippen LogP contribution in [0.4, 0.5) is 10.1 Å². The maximum atomic E-state index is 12.9. The molecule has 18 heavy (non-hydrogen) atoms. The Morgan fingerprint density at radius 1 is 1.56 bits per heavy atom. The number of nitro groups is 1. The lowest BCUT2D eigenvalue weighted by molar-refractivity contribution is -0.385. The quantitative estimate of drug-likeness (QED) is 0.347. The molecule has 7 heteroatoms. The Morgan fingerprint density at radius 3 is 2.89 bits per heavy atom. The van der Waals surface area contributed by atoms with Crippen molar-refractivity contribution in [3.8, 4) is 5.75 Å². The van der Waals surface area contributed by atoms with Gasteiger partial charge in [0.15, 0.2) is 5.75 Å². The molecule has 0 saturated carbocycles. The molecule has 6 nitrogen and oxygen atoms in total. The van der Waals surface area contributed by atoms with Crippen molar-refractivity contribution in [1.29, 1.82) is 0 Å². The summed E-state index contributed by atoms with van der Waals surface area (Å²) in [5.41, 5.74) is -0.345. The van der Waals surface area contributed by atoms with E-state index in [1.807, 2.05) is 0 Å². The summed E-state index contributed by atoms with van der Waals surface area (Å²) in [4.78, 5) is 20.7. The van der Waals surface area contributed by atoms with Crippen molar-refractivity contribution in [1.82, 2.24) is 0 Å². The number of carbonyl (C=O) groups excluding carboxylic acids is 1. The highest BCUT2D eigenvalue weighted by atomic mass is 19.1. The summed E-state index contributed by atoms with van der Waals surface area (Å²) in [7, 11) is 1.21. The molecule has 0 unspecified atom stereocenters. The Morgan fingerprint density at radius 2 is 2.28 bits per heavy atom. The van der Waals surface area contributed by atoms with Gasteiger partial charge in [-0.15, -0.1) is 0 Å². The van der Waals surface area contributed by atoms with Crippen molar-refractivity contribution in [3.63, 3.8) is 0 Å². The fraction of sp³-hybridized carbons (Fsp3) is 0.182. The van der Waals surface area contributed by atoms with Crippen LogP contribution in [0.1, 0.15) is 0 Å². The minimum Gasteiger partial charge on any atom is -0.482 e. The number of nitrogens with zero attached hydrogens (tertiary/aromatic N) is 1. The summed E-state index contributed by atoms with van der Waals surface area (Å²) in [6.07, 6.45) is 2.41. The SMILES string of the molecule is COC(=O)/C=C/COc1cc(F)ccc1[N+](=O)[O-]. The van der Waals surface area contributed by atoms with Crippen molar-refractivity contribution in [2.45, 2.75) is 0 Å². The second kappa shape index (κ2) is 6.33. The van der Waals surface area contributed by atoms with Crippen LogP contribution in [-0.2, 0) is 9.53 Å².